The van der Waals surface area contributed by atoms with Crippen LogP contribution in [0.1, 0.15) is 13.8 Å². The first-order valence-electron chi connectivity index (χ1n) is 2.73. The van der Waals surface area contributed by atoms with Gasteiger partial charge in [-0.2, -0.15) is 0 Å². The molecule has 0 aliphatic carbocycles. The summed E-state index contributed by atoms with van der Waals surface area (Å²) in [5.74, 6) is 0. The molecule has 3 heteroatoms. The minimum atomic E-state index is 0.825. The van der Waals surface area contributed by atoms with Gasteiger partial charge in [0.2, 0.25) is 0 Å². The van der Waals surface area contributed by atoms with E-state index in [1.807, 2.05) is 27.0 Å². The van der Waals surface area contributed by atoms with E-state index in [1.54, 1.807) is 11.8 Å². The van der Waals surface area contributed by atoms with Gasteiger partial charge < -0.3 is 5.32 Å². The molecule has 52 valence electrons. The van der Waals surface area contributed by atoms with Gasteiger partial charge >= 0.3 is 0 Å². The van der Waals surface area contributed by atoms with E-state index in [-0.39, 0.29) is 0 Å². The first-order valence-corrected chi connectivity index (χ1v) is 3.95. The van der Waals surface area contributed by atoms with E-state index in [9.17, 15) is 0 Å². The van der Waals surface area contributed by atoms with Gasteiger partial charge in [0.25, 0.3) is 0 Å². The lowest BCUT2D eigenvalue weighted by atomic mass is 10.6. The molecule has 1 N–H and O–H groups in total. The van der Waals surface area contributed by atoms with Crippen LogP contribution in [0.25, 0.3) is 0 Å². The van der Waals surface area contributed by atoms with E-state index in [2.05, 4.69) is 5.32 Å². The molecule has 0 saturated heterocycles. The van der Waals surface area contributed by atoms with Crippen molar-refractivity contribution in [2.75, 3.05) is 7.05 Å². The van der Waals surface area contributed by atoms with Gasteiger partial charge in [-0.3, -0.25) is 0 Å². The molecule has 0 atom stereocenters. The quantitative estimate of drug-likeness (QED) is 0.592. The Morgan fingerprint density at radius 1 is 1.67 bits per heavy atom. The van der Waals surface area contributed by atoms with Crippen molar-refractivity contribution < 1.29 is 0 Å². The molecule has 0 aliphatic rings. The first kappa shape index (κ1) is 8.98. The first-order chi connectivity index (χ1) is 4.20. The van der Waals surface area contributed by atoms with E-state index >= 15 is 0 Å². The standard InChI is InChI=1S/C6H11NS2/c1-4-5(2)9-6(8)7-3/h4H,1-3H3,(H,7,8)/b5-4-. The van der Waals surface area contributed by atoms with Crippen LogP contribution in [0.2, 0.25) is 0 Å². The van der Waals surface area contributed by atoms with Gasteiger partial charge in [0.05, 0.1) is 0 Å². The molecule has 0 spiro atoms. The fourth-order valence-electron chi connectivity index (χ4n) is 0.256. The highest BCUT2D eigenvalue weighted by molar-refractivity contribution is 8.25. The molecule has 0 aromatic rings. The summed E-state index contributed by atoms with van der Waals surface area (Å²) in [5, 5.41) is 2.88. The van der Waals surface area contributed by atoms with Crippen molar-refractivity contribution in [3.8, 4) is 0 Å². The maximum atomic E-state index is 4.91. The zero-order valence-corrected chi connectivity index (χ0v) is 7.53. The number of nitrogens with one attached hydrogen (secondary N) is 1. The van der Waals surface area contributed by atoms with Crippen LogP contribution in [0.4, 0.5) is 0 Å². The third-order valence-electron chi connectivity index (χ3n) is 0.864. The molecule has 0 bridgehead atoms. The summed E-state index contributed by atoms with van der Waals surface area (Å²) in [7, 11) is 1.83. The molecule has 0 unspecified atom stereocenters. The van der Waals surface area contributed by atoms with Gasteiger partial charge in [-0.05, 0) is 18.8 Å². The smallest absolute Gasteiger partial charge is 0.138 e. The Bertz CT molecular complexity index is 129. The second-order valence-corrected chi connectivity index (χ2v) is 3.46. The highest BCUT2D eigenvalue weighted by Crippen LogP contribution is 2.14. The van der Waals surface area contributed by atoms with Crippen molar-refractivity contribution in [2.24, 2.45) is 0 Å². The SMILES string of the molecule is C/C=C(/C)SC(=S)NC. The second kappa shape index (κ2) is 4.82. The van der Waals surface area contributed by atoms with Crippen molar-refractivity contribution in [3.63, 3.8) is 0 Å². The normalized spacial score (nSPS) is 11.2. The van der Waals surface area contributed by atoms with Crippen molar-refractivity contribution in [2.45, 2.75) is 13.8 Å². The van der Waals surface area contributed by atoms with Gasteiger partial charge in [-0.25, -0.2) is 0 Å². The highest BCUT2D eigenvalue weighted by Gasteiger charge is 1.92. The van der Waals surface area contributed by atoms with Gasteiger partial charge in [-0.1, -0.05) is 30.1 Å². The van der Waals surface area contributed by atoms with Crippen LogP contribution in [-0.2, 0) is 0 Å². The highest BCUT2D eigenvalue weighted by atomic mass is 32.2. The summed E-state index contributed by atoms with van der Waals surface area (Å²) in [6, 6.07) is 0. The van der Waals surface area contributed by atoms with Crippen LogP contribution >= 0.6 is 24.0 Å². The number of hydrogen-bond acceptors (Lipinski definition) is 2. The van der Waals surface area contributed by atoms with Crippen LogP contribution in [-0.4, -0.2) is 11.4 Å². The zero-order valence-electron chi connectivity index (χ0n) is 5.89. The Morgan fingerprint density at radius 2 is 2.22 bits per heavy atom. The molecular weight excluding hydrogens is 150 g/mol. The number of rotatable bonds is 1. The maximum absolute atomic E-state index is 4.91. The van der Waals surface area contributed by atoms with Gasteiger partial charge in [0, 0.05) is 7.05 Å². The lowest BCUT2D eigenvalue weighted by Gasteiger charge is -1.99. The minimum Gasteiger partial charge on any atom is -0.374 e. The topological polar surface area (TPSA) is 12.0 Å². The van der Waals surface area contributed by atoms with Crippen LogP contribution < -0.4 is 5.32 Å². The summed E-state index contributed by atoms with van der Waals surface area (Å²) >= 11 is 6.49. The molecule has 0 heterocycles. The van der Waals surface area contributed by atoms with E-state index in [0.717, 1.165) is 4.32 Å². The number of thioether (sulfide) groups is 1. The second-order valence-electron chi connectivity index (χ2n) is 1.54. The Hall–Kier alpha value is -0.0200. The third kappa shape index (κ3) is 4.48. The summed E-state index contributed by atoms with van der Waals surface area (Å²) < 4.78 is 0.825. The molecule has 0 aromatic heterocycles. The summed E-state index contributed by atoms with van der Waals surface area (Å²) in [6.07, 6.45) is 2.04. The van der Waals surface area contributed by atoms with Crippen molar-refractivity contribution in [1.82, 2.24) is 5.32 Å². The molecule has 0 saturated carbocycles. The molecule has 0 rings (SSSR count). The fraction of sp³-hybridized carbons (Fsp3) is 0.500. The average Bonchev–Trinajstić information content (AvgIpc) is 1.87. The van der Waals surface area contributed by atoms with Gasteiger partial charge in [0.1, 0.15) is 4.32 Å². The summed E-state index contributed by atoms with van der Waals surface area (Å²) in [6.45, 7) is 4.04. The van der Waals surface area contributed by atoms with Crippen molar-refractivity contribution in [3.05, 3.63) is 11.0 Å². The number of thiocarbonyl (C=S) groups is 1. The Labute approximate surface area is 65.9 Å². The van der Waals surface area contributed by atoms with Crippen LogP contribution in [0.3, 0.4) is 0 Å². The van der Waals surface area contributed by atoms with Crippen LogP contribution in [0.5, 0.6) is 0 Å². The van der Waals surface area contributed by atoms with E-state index in [0.29, 0.717) is 0 Å². The molecule has 9 heavy (non-hydrogen) atoms. The molecular formula is C6H11NS2. The van der Waals surface area contributed by atoms with E-state index in [4.69, 9.17) is 12.2 Å². The lowest BCUT2D eigenvalue weighted by molar-refractivity contribution is 1.23. The molecule has 0 amide bonds. The third-order valence-corrected chi connectivity index (χ3v) is 2.27. The fourth-order valence-corrected chi connectivity index (χ4v) is 1.16. The minimum absolute atomic E-state index is 0.825. The number of allylic oxidation sites excluding steroid dienone is 2. The Balaban J connectivity index is 3.60. The van der Waals surface area contributed by atoms with Crippen molar-refractivity contribution in [1.29, 1.82) is 0 Å². The molecule has 0 aromatic carbocycles. The predicted molar refractivity (Wildman–Crippen MR) is 48.7 cm³/mol. The average molecular weight is 161 g/mol. The largest absolute Gasteiger partial charge is 0.374 e. The summed E-state index contributed by atoms with van der Waals surface area (Å²) in [4.78, 5) is 1.23. The molecule has 1 nitrogen and oxygen atoms in total. The maximum Gasteiger partial charge on any atom is 0.138 e. The van der Waals surface area contributed by atoms with Crippen LogP contribution in [0, 0.1) is 0 Å². The van der Waals surface area contributed by atoms with Gasteiger partial charge in [-0.15, -0.1) is 0 Å². The van der Waals surface area contributed by atoms with E-state index < -0.39 is 0 Å². The molecule has 0 fully saturated rings. The Morgan fingerprint density at radius 3 is 2.56 bits per heavy atom. The predicted octanol–water partition coefficient (Wildman–Crippen LogP) is 2.15. The number of hydrogen-bond donors (Lipinski definition) is 1. The Kier molecular flexibility index (Phi) is 4.81. The monoisotopic (exact) mass is 161 g/mol. The van der Waals surface area contributed by atoms with Crippen LogP contribution in [0.15, 0.2) is 11.0 Å². The zero-order chi connectivity index (χ0) is 7.28. The van der Waals surface area contributed by atoms with Crippen molar-refractivity contribution >= 4 is 28.3 Å². The van der Waals surface area contributed by atoms with E-state index in [1.165, 1.54) is 4.91 Å². The van der Waals surface area contributed by atoms with Gasteiger partial charge in [0.15, 0.2) is 0 Å². The molecule has 0 aliphatic heterocycles. The molecule has 0 radical (unpaired) electrons. The lowest BCUT2D eigenvalue weighted by Crippen LogP contribution is -2.10. The summed E-state index contributed by atoms with van der Waals surface area (Å²) in [5.41, 5.74) is 0.